The third kappa shape index (κ3) is 3.07. The van der Waals surface area contributed by atoms with Gasteiger partial charge in [-0.3, -0.25) is 0 Å². The molecule has 4 nitrogen and oxygen atoms in total. The maximum atomic E-state index is 10.8. The SMILES string of the molecule is CC(C)c1c(O)c(OC(=O)O)c(C(C)C)c(Cl)c1Cl. The molecule has 0 heterocycles. The lowest BCUT2D eigenvalue weighted by molar-refractivity contribution is 0.142. The van der Waals surface area contributed by atoms with Crippen molar-refractivity contribution in [2.45, 2.75) is 39.5 Å². The zero-order chi connectivity index (χ0) is 14.9. The number of benzene rings is 1. The molecule has 0 unspecified atom stereocenters. The van der Waals surface area contributed by atoms with Crippen LogP contribution in [0.1, 0.15) is 50.7 Å². The molecule has 19 heavy (non-hydrogen) atoms. The standard InChI is InChI=1S/C13H16Cl2O4/c1-5(2)7-9(14)10(15)8(6(3)4)12(11(7)16)19-13(17)18/h5-6,16H,1-4H3,(H,17,18). The molecule has 1 aromatic rings. The van der Waals surface area contributed by atoms with E-state index in [1.165, 1.54) is 0 Å². The van der Waals surface area contributed by atoms with Gasteiger partial charge < -0.3 is 14.9 Å². The van der Waals surface area contributed by atoms with Gasteiger partial charge in [0, 0.05) is 11.1 Å². The summed E-state index contributed by atoms with van der Waals surface area (Å²) >= 11 is 12.3. The molecule has 0 spiro atoms. The maximum Gasteiger partial charge on any atom is 0.511 e. The maximum absolute atomic E-state index is 10.8. The number of aromatic hydroxyl groups is 1. The van der Waals surface area contributed by atoms with Crippen LogP contribution in [0, 0.1) is 0 Å². The zero-order valence-electron chi connectivity index (χ0n) is 11.1. The Bertz CT molecular complexity index is 510. The van der Waals surface area contributed by atoms with Crippen LogP contribution in [0.4, 0.5) is 4.79 Å². The second kappa shape index (κ2) is 5.88. The number of halogens is 2. The fourth-order valence-corrected chi connectivity index (χ4v) is 2.74. The molecule has 0 aliphatic heterocycles. The predicted octanol–water partition coefficient (Wildman–Crippen LogP) is 5.00. The van der Waals surface area contributed by atoms with Crippen molar-refractivity contribution in [3.8, 4) is 11.5 Å². The summed E-state index contributed by atoms with van der Waals surface area (Å²) in [5.74, 6) is -0.676. The van der Waals surface area contributed by atoms with Crippen LogP contribution in [0.2, 0.25) is 10.0 Å². The minimum absolute atomic E-state index is 0.123. The van der Waals surface area contributed by atoms with Gasteiger partial charge in [-0.05, 0) is 11.8 Å². The normalized spacial score (nSPS) is 11.2. The molecular formula is C13H16Cl2O4. The van der Waals surface area contributed by atoms with Gasteiger partial charge in [0.25, 0.3) is 0 Å². The summed E-state index contributed by atoms with van der Waals surface area (Å²) in [6.45, 7) is 7.25. The minimum atomic E-state index is -1.51. The Morgan fingerprint density at radius 2 is 1.47 bits per heavy atom. The average Bonchev–Trinajstić information content (AvgIpc) is 2.24. The van der Waals surface area contributed by atoms with Crippen molar-refractivity contribution in [1.29, 1.82) is 0 Å². The summed E-state index contributed by atoms with van der Waals surface area (Å²) in [6.07, 6.45) is -1.51. The van der Waals surface area contributed by atoms with Crippen LogP contribution < -0.4 is 4.74 Å². The quantitative estimate of drug-likeness (QED) is 0.609. The highest BCUT2D eigenvalue weighted by Gasteiger charge is 2.27. The second-order valence-electron chi connectivity index (χ2n) is 4.81. The lowest BCUT2D eigenvalue weighted by Crippen LogP contribution is -2.09. The van der Waals surface area contributed by atoms with E-state index >= 15 is 0 Å². The van der Waals surface area contributed by atoms with Crippen LogP contribution in [0.15, 0.2) is 0 Å². The average molecular weight is 307 g/mol. The van der Waals surface area contributed by atoms with Gasteiger partial charge in [-0.2, -0.15) is 0 Å². The molecule has 106 valence electrons. The van der Waals surface area contributed by atoms with Crippen LogP contribution in [0.3, 0.4) is 0 Å². The number of hydrogen-bond donors (Lipinski definition) is 2. The largest absolute Gasteiger partial charge is 0.511 e. The Hall–Kier alpha value is -1.13. The zero-order valence-corrected chi connectivity index (χ0v) is 12.6. The molecule has 0 aliphatic carbocycles. The number of hydrogen-bond acceptors (Lipinski definition) is 3. The highest BCUT2D eigenvalue weighted by molar-refractivity contribution is 6.43. The predicted molar refractivity (Wildman–Crippen MR) is 75.0 cm³/mol. The molecule has 1 rings (SSSR count). The van der Waals surface area contributed by atoms with E-state index in [1.54, 1.807) is 13.8 Å². The fraction of sp³-hybridized carbons (Fsp3) is 0.462. The Morgan fingerprint density at radius 1 is 1.05 bits per heavy atom. The van der Waals surface area contributed by atoms with E-state index in [2.05, 4.69) is 4.74 Å². The molecule has 0 saturated heterocycles. The number of phenolic OH excluding ortho intramolecular Hbond substituents is 1. The molecular weight excluding hydrogens is 291 g/mol. The van der Waals surface area contributed by atoms with Crippen molar-refractivity contribution in [2.75, 3.05) is 0 Å². The van der Waals surface area contributed by atoms with Gasteiger partial charge in [0.15, 0.2) is 11.5 Å². The fourth-order valence-electron chi connectivity index (χ4n) is 1.92. The third-order valence-electron chi connectivity index (χ3n) is 2.72. The van der Waals surface area contributed by atoms with Crippen molar-refractivity contribution in [3.05, 3.63) is 21.2 Å². The van der Waals surface area contributed by atoms with Crippen LogP contribution in [-0.4, -0.2) is 16.4 Å². The van der Waals surface area contributed by atoms with E-state index in [4.69, 9.17) is 28.3 Å². The molecule has 2 N–H and O–H groups in total. The van der Waals surface area contributed by atoms with Crippen molar-refractivity contribution in [3.63, 3.8) is 0 Å². The first-order valence-corrected chi connectivity index (χ1v) is 6.58. The van der Waals surface area contributed by atoms with E-state index in [-0.39, 0.29) is 33.4 Å². The van der Waals surface area contributed by atoms with Crippen LogP contribution >= 0.6 is 23.2 Å². The van der Waals surface area contributed by atoms with Crippen LogP contribution in [-0.2, 0) is 0 Å². The lowest BCUT2D eigenvalue weighted by Gasteiger charge is -2.21. The van der Waals surface area contributed by atoms with Gasteiger partial charge >= 0.3 is 6.16 Å². The van der Waals surface area contributed by atoms with Crippen molar-refractivity contribution in [2.24, 2.45) is 0 Å². The Morgan fingerprint density at radius 3 is 1.84 bits per heavy atom. The molecule has 0 saturated carbocycles. The second-order valence-corrected chi connectivity index (χ2v) is 5.57. The van der Waals surface area contributed by atoms with Crippen LogP contribution in [0.5, 0.6) is 11.5 Å². The molecule has 0 amide bonds. The smallest absolute Gasteiger partial charge is 0.504 e. The topological polar surface area (TPSA) is 66.8 Å². The van der Waals surface area contributed by atoms with Crippen LogP contribution in [0.25, 0.3) is 0 Å². The number of carbonyl (C=O) groups is 1. The minimum Gasteiger partial charge on any atom is -0.504 e. The van der Waals surface area contributed by atoms with E-state index in [0.29, 0.717) is 11.1 Å². The molecule has 0 aliphatic rings. The van der Waals surface area contributed by atoms with Crippen molar-refractivity contribution < 1.29 is 19.7 Å². The highest BCUT2D eigenvalue weighted by Crippen LogP contribution is 2.49. The third-order valence-corrected chi connectivity index (χ3v) is 3.61. The van der Waals surface area contributed by atoms with Crippen molar-refractivity contribution in [1.82, 2.24) is 0 Å². The van der Waals surface area contributed by atoms with Gasteiger partial charge in [-0.25, -0.2) is 4.79 Å². The summed E-state index contributed by atoms with van der Waals surface area (Å²) in [4.78, 5) is 10.8. The Balaban J connectivity index is 3.69. The van der Waals surface area contributed by atoms with Gasteiger partial charge in [0.1, 0.15) is 0 Å². The highest BCUT2D eigenvalue weighted by atomic mass is 35.5. The van der Waals surface area contributed by atoms with E-state index in [0.717, 1.165) is 0 Å². The van der Waals surface area contributed by atoms with Gasteiger partial charge in [-0.1, -0.05) is 50.9 Å². The summed E-state index contributed by atoms with van der Waals surface area (Å²) in [5, 5.41) is 19.4. The Kier molecular flexibility index (Phi) is 4.93. The summed E-state index contributed by atoms with van der Waals surface area (Å²) in [7, 11) is 0. The lowest BCUT2D eigenvalue weighted by atomic mass is 9.94. The van der Waals surface area contributed by atoms with E-state index < -0.39 is 6.16 Å². The molecule has 0 aromatic heterocycles. The van der Waals surface area contributed by atoms with Gasteiger partial charge in [0.2, 0.25) is 0 Å². The van der Waals surface area contributed by atoms with Gasteiger partial charge in [-0.15, -0.1) is 0 Å². The molecule has 6 heteroatoms. The van der Waals surface area contributed by atoms with Crippen molar-refractivity contribution >= 4 is 29.4 Å². The number of carboxylic acid groups (broad SMARTS) is 1. The van der Waals surface area contributed by atoms with E-state index in [1.807, 2.05) is 13.8 Å². The first kappa shape index (κ1) is 15.9. The number of rotatable bonds is 3. The Labute approximate surface area is 121 Å². The van der Waals surface area contributed by atoms with Gasteiger partial charge in [0.05, 0.1) is 10.0 Å². The van der Waals surface area contributed by atoms with E-state index in [9.17, 15) is 9.90 Å². The number of ether oxygens (including phenoxy) is 1. The summed E-state index contributed by atoms with van der Waals surface area (Å²) < 4.78 is 4.69. The monoisotopic (exact) mass is 306 g/mol. The molecule has 0 atom stereocenters. The summed E-state index contributed by atoms with van der Waals surface area (Å²) in [6, 6.07) is 0. The molecule has 0 radical (unpaired) electrons. The first-order chi connectivity index (χ1) is 8.68. The molecule has 1 aromatic carbocycles. The molecule has 0 fully saturated rings. The first-order valence-electron chi connectivity index (χ1n) is 5.82. The summed E-state index contributed by atoms with van der Waals surface area (Å²) in [5.41, 5.74) is 0.767. The number of phenols is 1. The molecule has 0 bridgehead atoms.